The molecular weight excluding hydrogens is 246 g/mol. The average Bonchev–Trinajstić information content (AvgIpc) is 2.89. The molecule has 1 unspecified atom stereocenters. The highest BCUT2D eigenvalue weighted by Crippen LogP contribution is 2.60. The normalized spacial score (nSPS) is 40.2. The molecule has 110 valence electrons. The van der Waals surface area contributed by atoms with Crippen molar-refractivity contribution in [3.8, 4) is 0 Å². The van der Waals surface area contributed by atoms with E-state index >= 15 is 0 Å². The second-order valence-electron chi connectivity index (χ2n) is 7.65. The molecule has 4 aliphatic rings. The first-order valence-corrected chi connectivity index (χ1v) is 8.47. The zero-order chi connectivity index (χ0) is 13.7. The van der Waals surface area contributed by atoms with E-state index in [1.54, 1.807) is 0 Å². The zero-order valence-electron chi connectivity index (χ0n) is 12.6. The van der Waals surface area contributed by atoms with E-state index < -0.39 is 0 Å². The molecular formula is C17H27N3. The van der Waals surface area contributed by atoms with E-state index in [1.165, 1.54) is 44.3 Å². The van der Waals surface area contributed by atoms with Gasteiger partial charge in [-0.1, -0.05) is 6.92 Å². The van der Waals surface area contributed by atoms with Crippen LogP contribution in [0.15, 0.2) is 12.4 Å². The molecule has 0 aromatic carbocycles. The summed E-state index contributed by atoms with van der Waals surface area (Å²) in [6, 6.07) is 0.431. The van der Waals surface area contributed by atoms with Crippen LogP contribution in [-0.2, 0) is 5.41 Å². The minimum Gasteiger partial charge on any atom is -0.330 e. The zero-order valence-corrected chi connectivity index (χ0v) is 12.6. The monoisotopic (exact) mass is 273 g/mol. The van der Waals surface area contributed by atoms with Crippen LogP contribution in [0.2, 0.25) is 0 Å². The lowest BCUT2D eigenvalue weighted by Crippen LogP contribution is -2.50. The summed E-state index contributed by atoms with van der Waals surface area (Å²) in [6.45, 7) is 2.97. The minimum atomic E-state index is 0.390. The average molecular weight is 273 g/mol. The van der Waals surface area contributed by atoms with Gasteiger partial charge in [-0.25, -0.2) is 4.98 Å². The maximum atomic E-state index is 5.99. The molecule has 0 saturated heterocycles. The Morgan fingerprint density at radius 2 is 1.85 bits per heavy atom. The van der Waals surface area contributed by atoms with Crippen molar-refractivity contribution in [3.05, 3.63) is 18.2 Å². The number of hydrogen-bond acceptors (Lipinski definition) is 2. The molecule has 0 radical (unpaired) electrons. The van der Waals surface area contributed by atoms with E-state index in [0.29, 0.717) is 11.5 Å². The molecule has 3 heteroatoms. The van der Waals surface area contributed by atoms with Gasteiger partial charge in [-0.05, 0) is 62.7 Å². The summed E-state index contributed by atoms with van der Waals surface area (Å²) in [5.74, 6) is 4.30. The quantitative estimate of drug-likeness (QED) is 0.915. The SMILES string of the molecule is CCC(CN)n1ccnc1C12CC3CC(CC(C3)C1)C2. The standard InChI is InChI=1S/C17H27N3/c1-2-15(11-18)20-4-3-19-16(20)17-8-12-5-13(9-17)7-14(6-12)10-17/h3-4,12-15H,2,5-11,18H2,1H3. The second-order valence-corrected chi connectivity index (χ2v) is 7.65. The lowest BCUT2D eigenvalue weighted by atomic mass is 9.49. The number of imidazole rings is 1. The summed E-state index contributed by atoms with van der Waals surface area (Å²) < 4.78 is 2.42. The molecule has 1 heterocycles. The van der Waals surface area contributed by atoms with Crippen molar-refractivity contribution in [1.29, 1.82) is 0 Å². The third-order valence-electron chi connectivity index (χ3n) is 6.32. The van der Waals surface area contributed by atoms with E-state index in [-0.39, 0.29) is 0 Å². The molecule has 0 amide bonds. The summed E-state index contributed by atoms with van der Waals surface area (Å²) >= 11 is 0. The van der Waals surface area contributed by atoms with E-state index in [9.17, 15) is 0 Å². The molecule has 3 nitrogen and oxygen atoms in total. The van der Waals surface area contributed by atoms with Crippen molar-refractivity contribution in [1.82, 2.24) is 9.55 Å². The maximum Gasteiger partial charge on any atom is 0.115 e. The summed E-state index contributed by atoms with van der Waals surface area (Å²) in [4.78, 5) is 4.83. The van der Waals surface area contributed by atoms with Gasteiger partial charge in [0.1, 0.15) is 5.82 Å². The van der Waals surface area contributed by atoms with Crippen molar-refractivity contribution in [2.24, 2.45) is 23.5 Å². The van der Waals surface area contributed by atoms with Gasteiger partial charge in [-0.3, -0.25) is 0 Å². The van der Waals surface area contributed by atoms with Crippen LogP contribution in [0.3, 0.4) is 0 Å². The molecule has 1 aromatic heterocycles. The number of rotatable bonds is 4. The van der Waals surface area contributed by atoms with Crippen LogP contribution in [0, 0.1) is 17.8 Å². The second kappa shape index (κ2) is 4.59. The molecule has 20 heavy (non-hydrogen) atoms. The number of nitrogens with zero attached hydrogens (tertiary/aromatic N) is 2. The van der Waals surface area contributed by atoms with Crippen molar-refractivity contribution in [2.75, 3.05) is 6.54 Å². The van der Waals surface area contributed by atoms with Crippen molar-refractivity contribution >= 4 is 0 Å². The Balaban J connectivity index is 1.72. The third-order valence-corrected chi connectivity index (χ3v) is 6.32. The van der Waals surface area contributed by atoms with E-state index in [4.69, 9.17) is 10.7 Å². The molecule has 5 rings (SSSR count). The molecule has 4 bridgehead atoms. The Bertz CT molecular complexity index is 451. The topological polar surface area (TPSA) is 43.8 Å². The summed E-state index contributed by atoms with van der Waals surface area (Å²) in [5, 5.41) is 0. The molecule has 4 saturated carbocycles. The van der Waals surface area contributed by atoms with Crippen LogP contribution in [-0.4, -0.2) is 16.1 Å². The Labute approximate surface area is 122 Å². The molecule has 4 fully saturated rings. The summed E-state index contributed by atoms with van der Waals surface area (Å²) in [6.07, 6.45) is 13.9. The van der Waals surface area contributed by atoms with Gasteiger partial charge in [0.05, 0.1) is 0 Å². The predicted molar refractivity (Wildman–Crippen MR) is 80.5 cm³/mol. The molecule has 0 aliphatic heterocycles. The van der Waals surface area contributed by atoms with Gasteiger partial charge in [-0.15, -0.1) is 0 Å². The Hall–Kier alpha value is -0.830. The highest BCUT2D eigenvalue weighted by molar-refractivity contribution is 5.19. The van der Waals surface area contributed by atoms with Crippen LogP contribution in [0.25, 0.3) is 0 Å². The van der Waals surface area contributed by atoms with Crippen LogP contribution in [0.1, 0.15) is 63.7 Å². The third kappa shape index (κ3) is 1.78. The van der Waals surface area contributed by atoms with Crippen LogP contribution in [0.4, 0.5) is 0 Å². The largest absolute Gasteiger partial charge is 0.330 e. The van der Waals surface area contributed by atoms with Gasteiger partial charge in [-0.2, -0.15) is 0 Å². The van der Waals surface area contributed by atoms with E-state index in [1.807, 2.05) is 6.20 Å². The Morgan fingerprint density at radius 3 is 2.35 bits per heavy atom. The van der Waals surface area contributed by atoms with Gasteiger partial charge >= 0.3 is 0 Å². The highest BCUT2D eigenvalue weighted by atomic mass is 15.1. The fraction of sp³-hybridized carbons (Fsp3) is 0.824. The molecule has 2 N–H and O–H groups in total. The van der Waals surface area contributed by atoms with Gasteiger partial charge in [0, 0.05) is 30.4 Å². The smallest absolute Gasteiger partial charge is 0.115 e. The van der Waals surface area contributed by atoms with Gasteiger partial charge in [0.2, 0.25) is 0 Å². The molecule has 1 aromatic rings. The summed E-state index contributed by atoms with van der Waals surface area (Å²) in [5.41, 5.74) is 6.38. The van der Waals surface area contributed by atoms with Crippen LogP contribution in [0.5, 0.6) is 0 Å². The van der Waals surface area contributed by atoms with Gasteiger partial charge < -0.3 is 10.3 Å². The van der Waals surface area contributed by atoms with Gasteiger partial charge in [0.15, 0.2) is 0 Å². The minimum absolute atomic E-state index is 0.390. The number of hydrogen-bond donors (Lipinski definition) is 1. The van der Waals surface area contributed by atoms with Crippen molar-refractivity contribution in [2.45, 2.75) is 63.3 Å². The number of nitrogens with two attached hydrogens (primary N) is 1. The van der Waals surface area contributed by atoms with Crippen molar-refractivity contribution in [3.63, 3.8) is 0 Å². The van der Waals surface area contributed by atoms with Crippen molar-refractivity contribution < 1.29 is 0 Å². The lowest BCUT2D eigenvalue weighted by Gasteiger charge is -2.56. The Morgan fingerprint density at radius 1 is 1.25 bits per heavy atom. The molecule has 4 aliphatic carbocycles. The van der Waals surface area contributed by atoms with E-state index in [2.05, 4.69) is 17.7 Å². The predicted octanol–water partition coefficient (Wildman–Crippen LogP) is 3.26. The van der Waals surface area contributed by atoms with Crippen LogP contribution < -0.4 is 5.73 Å². The first-order valence-electron chi connectivity index (χ1n) is 8.47. The number of aromatic nitrogens is 2. The summed E-state index contributed by atoms with van der Waals surface area (Å²) in [7, 11) is 0. The Kier molecular flexibility index (Phi) is 2.95. The lowest BCUT2D eigenvalue weighted by molar-refractivity contribution is -0.0116. The first kappa shape index (κ1) is 12.9. The maximum absolute atomic E-state index is 5.99. The fourth-order valence-electron chi connectivity index (χ4n) is 5.88. The van der Waals surface area contributed by atoms with Crippen LogP contribution >= 0.6 is 0 Å². The highest BCUT2D eigenvalue weighted by Gasteiger charge is 2.53. The first-order chi connectivity index (χ1) is 9.74. The molecule has 0 spiro atoms. The van der Waals surface area contributed by atoms with E-state index in [0.717, 1.165) is 30.7 Å². The fourth-order valence-corrected chi connectivity index (χ4v) is 5.88. The molecule has 1 atom stereocenters. The van der Waals surface area contributed by atoms with Gasteiger partial charge in [0.25, 0.3) is 0 Å².